The second-order valence-corrected chi connectivity index (χ2v) is 9.85. The third kappa shape index (κ3) is 26.0. The number of ether oxygens (including phenoxy) is 1. The van der Waals surface area contributed by atoms with E-state index in [0.29, 0.717) is 25.4 Å². The Labute approximate surface area is 195 Å². The summed E-state index contributed by atoms with van der Waals surface area (Å²) in [5.41, 5.74) is 0. The van der Waals surface area contributed by atoms with E-state index in [1.54, 1.807) is 0 Å². The molecule has 0 fully saturated rings. The Morgan fingerprint density at radius 1 is 0.387 bits per heavy atom. The van der Waals surface area contributed by atoms with Gasteiger partial charge in [-0.2, -0.15) is 0 Å². The second kappa shape index (κ2) is 26.1. The van der Waals surface area contributed by atoms with E-state index in [2.05, 4.69) is 13.8 Å². The zero-order valence-electron chi connectivity index (χ0n) is 21.4. The fraction of sp³-hybridized carbons (Fsp3) is 1.00. The minimum absolute atomic E-state index is 0.356. The van der Waals surface area contributed by atoms with Crippen LogP contribution in [0.25, 0.3) is 0 Å². The number of aliphatic hydroxyl groups excluding tert-OH is 2. The molecule has 0 radical (unpaired) electrons. The van der Waals surface area contributed by atoms with Crippen molar-refractivity contribution < 1.29 is 14.9 Å². The topological polar surface area (TPSA) is 49.7 Å². The largest absolute Gasteiger partial charge is 0.396 e. The van der Waals surface area contributed by atoms with Crippen LogP contribution >= 0.6 is 0 Å². The SMILES string of the molecule is CC(CCCCCCCCCCCCO)OC(C)CCCCCCCCCCCCO. The van der Waals surface area contributed by atoms with E-state index in [4.69, 9.17) is 14.9 Å². The van der Waals surface area contributed by atoms with Crippen LogP contribution in [0.3, 0.4) is 0 Å². The summed E-state index contributed by atoms with van der Waals surface area (Å²) in [5, 5.41) is 17.5. The molecule has 0 aliphatic heterocycles. The molecule has 2 unspecified atom stereocenters. The number of unbranched alkanes of at least 4 members (excludes halogenated alkanes) is 18. The minimum atomic E-state index is 0.356. The summed E-state index contributed by atoms with van der Waals surface area (Å²) in [7, 11) is 0. The smallest absolute Gasteiger partial charge is 0.0550 e. The van der Waals surface area contributed by atoms with Gasteiger partial charge in [0.15, 0.2) is 0 Å². The van der Waals surface area contributed by atoms with Crippen LogP contribution in [0.15, 0.2) is 0 Å². The lowest BCUT2D eigenvalue weighted by molar-refractivity contribution is -0.00232. The number of aliphatic hydroxyl groups is 2. The molecular weight excluding hydrogens is 384 g/mol. The minimum Gasteiger partial charge on any atom is -0.396 e. The quantitative estimate of drug-likeness (QED) is 0.132. The first-order valence-corrected chi connectivity index (χ1v) is 14.1. The first kappa shape index (κ1) is 30.9. The highest BCUT2D eigenvalue weighted by Gasteiger charge is 2.08. The number of rotatable bonds is 26. The van der Waals surface area contributed by atoms with E-state index in [1.807, 2.05) is 0 Å². The van der Waals surface area contributed by atoms with Gasteiger partial charge in [0.1, 0.15) is 0 Å². The van der Waals surface area contributed by atoms with Crippen LogP contribution in [-0.4, -0.2) is 35.6 Å². The van der Waals surface area contributed by atoms with Crippen LogP contribution in [0.1, 0.15) is 155 Å². The molecule has 0 saturated heterocycles. The van der Waals surface area contributed by atoms with Crippen LogP contribution in [0.2, 0.25) is 0 Å². The van der Waals surface area contributed by atoms with Gasteiger partial charge in [-0.3, -0.25) is 0 Å². The number of hydrogen-bond donors (Lipinski definition) is 2. The average Bonchev–Trinajstić information content (AvgIpc) is 2.75. The highest BCUT2D eigenvalue weighted by molar-refractivity contribution is 4.58. The molecule has 0 bridgehead atoms. The Morgan fingerprint density at radius 2 is 0.613 bits per heavy atom. The van der Waals surface area contributed by atoms with E-state index in [9.17, 15) is 0 Å². The van der Waals surface area contributed by atoms with Crippen molar-refractivity contribution in [1.29, 1.82) is 0 Å². The molecule has 0 amide bonds. The van der Waals surface area contributed by atoms with Crippen LogP contribution in [0.5, 0.6) is 0 Å². The fourth-order valence-electron chi connectivity index (χ4n) is 4.45. The Morgan fingerprint density at radius 3 is 0.871 bits per heavy atom. The van der Waals surface area contributed by atoms with Gasteiger partial charge in [0.25, 0.3) is 0 Å². The van der Waals surface area contributed by atoms with Crippen molar-refractivity contribution in [2.45, 2.75) is 167 Å². The van der Waals surface area contributed by atoms with Crippen molar-refractivity contribution in [3.63, 3.8) is 0 Å². The monoisotopic (exact) mass is 442 g/mol. The van der Waals surface area contributed by atoms with E-state index < -0.39 is 0 Å². The molecule has 31 heavy (non-hydrogen) atoms. The molecule has 2 N–H and O–H groups in total. The fourth-order valence-corrected chi connectivity index (χ4v) is 4.45. The van der Waals surface area contributed by atoms with Crippen molar-refractivity contribution in [3.8, 4) is 0 Å². The van der Waals surface area contributed by atoms with Crippen LogP contribution in [-0.2, 0) is 4.74 Å². The molecule has 0 heterocycles. The van der Waals surface area contributed by atoms with Crippen LogP contribution in [0.4, 0.5) is 0 Å². The van der Waals surface area contributed by atoms with Gasteiger partial charge >= 0.3 is 0 Å². The van der Waals surface area contributed by atoms with Gasteiger partial charge in [-0.25, -0.2) is 0 Å². The Balaban J connectivity index is 3.29. The molecule has 188 valence electrons. The number of hydrogen-bond acceptors (Lipinski definition) is 3. The molecular formula is C28H58O3. The molecule has 0 aromatic rings. The van der Waals surface area contributed by atoms with E-state index in [0.717, 1.165) is 12.8 Å². The third-order valence-electron chi connectivity index (χ3n) is 6.50. The summed E-state index contributed by atoms with van der Waals surface area (Å²) < 4.78 is 6.20. The predicted molar refractivity (Wildman–Crippen MR) is 136 cm³/mol. The lowest BCUT2D eigenvalue weighted by Gasteiger charge is -2.19. The second-order valence-electron chi connectivity index (χ2n) is 9.85. The van der Waals surface area contributed by atoms with Gasteiger partial charge in [-0.15, -0.1) is 0 Å². The Kier molecular flexibility index (Phi) is 26.0. The summed E-state index contributed by atoms with van der Waals surface area (Å²) in [6, 6.07) is 0. The average molecular weight is 443 g/mol. The van der Waals surface area contributed by atoms with Crippen molar-refractivity contribution in [2.24, 2.45) is 0 Å². The molecule has 0 rings (SSSR count). The van der Waals surface area contributed by atoms with E-state index in [1.165, 1.54) is 128 Å². The van der Waals surface area contributed by atoms with Gasteiger partial charge in [-0.05, 0) is 39.5 Å². The van der Waals surface area contributed by atoms with Crippen molar-refractivity contribution in [1.82, 2.24) is 0 Å². The molecule has 0 aliphatic rings. The maximum Gasteiger partial charge on any atom is 0.0550 e. The highest BCUT2D eigenvalue weighted by Crippen LogP contribution is 2.16. The molecule has 3 heteroatoms. The van der Waals surface area contributed by atoms with Crippen molar-refractivity contribution in [2.75, 3.05) is 13.2 Å². The predicted octanol–water partition coefficient (Wildman–Crippen LogP) is 8.35. The molecule has 0 aromatic carbocycles. The lowest BCUT2D eigenvalue weighted by Crippen LogP contribution is -2.17. The van der Waals surface area contributed by atoms with Gasteiger partial charge in [-0.1, -0.05) is 116 Å². The van der Waals surface area contributed by atoms with Crippen molar-refractivity contribution in [3.05, 3.63) is 0 Å². The lowest BCUT2D eigenvalue weighted by atomic mass is 10.0. The summed E-state index contributed by atoms with van der Waals surface area (Å²) in [4.78, 5) is 0. The van der Waals surface area contributed by atoms with E-state index in [-0.39, 0.29) is 0 Å². The Bertz CT molecular complexity index is 291. The first-order valence-electron chi connectivity index (χ1n) is 14.1. The highest BCUT2D eigenvalue weighted by atomic mass is 16.5. The molecule has 2 atom stereocenters. The summed E-state index contributed by atoms with van der Waals surface area (Å²) >= 11 is 0. The molecule has 0 spiro atoms. The third-order valence-corrected chi connectivity index (χ3v) is 6.50. The normalized spacial score (nSPS) is 13.5. The van der Waals surface area contributed by atoms with Gasteiger partial charge in [0.05, 0.1) is 12.2 Å². The van der Waals surface area contributed by atoms with Gasteiger partial charge in [0.2, 0.25) is 0 Å². The first-order chi connectivity index (χ1) is 15.2. The van der Waals surface area contributed by atoms with Crippen LogP contribution in [0, 0.1) is 0 Å². The van der Waals surface area contributed by atoms with Crippen LogP contribution < -0.4 is 0 Å². The molecule has 3 nitrogen and oxygen atoms in total. The molecule has 0 aliphatic carbocycles. The maximum absolute atomic E-state index is 8.77. The summed E-state index contributed by atoms with van der Waals surface area (Å²) in [6.45, 7) is 5.22. The Hall–Kier alpha value is -0.120. The van der Waals surface area contributed by atoms with Gasteiger partial charge in [0, 0.05) is 13.2 Å². The zero-order valence-corrected chi connectivity index (χ0v) is 21.4. The zero-order chi connectivity index (χ0) is 22.8. The summed E-state index contributed by atoms with van der Waals surface area (Å²) in [5.74, 6) is 0. The maximum atomic E-state index is 8.77. The standard InChI is InChI=1S/C28H58O3/c1-27(23-19-15-11-7-3-5-9-13-17-21-25-29)31-28(2)24-20-16-12-8-4-6-10-14-18-22-26-30/h27-30H,3-26H2,1-2H3. The molecule has 0 aromatic heterocycles. The van der Waals surface area contributed by atoms with E-state index >= 15 is 0 Å². The summed E-state index contributed by atoms with van der Waals surface area (Å²) in [6.07, 6.45) is 29.2. The van der Waals surface area contributed by atoms with Crippen molar-refractivity contribution >= 4 is 0 Å². The molecule has 0 saturated carbocycles. The van der Waals surface area contributed by atoms with Gasteiger partial charge < -0.3 is 14.9 Å².